The fourth-order valence-electron chi connectivity index (χ4n) is 3.52. The molecule has 0 amide bonds. The smallest absolute Gasteiger partial charge is 0.124 e. The van der Waals surface area contributed by atoms with E-state index in [-0.39, 0.29) is 11.5 Å². The monoisotopic (exact) mass is 302 g/mol. The Morgan fingerprint density at radius 3 is 2.22 bits per heavy atom. The molecular weight excluding hydrogens is 284 g/mol. The first-order valence-electron chi connectivity index (χ1n) is 7.86. The molecule has 0 saturated heterocycles. The van der Waals surface area contributed by atoms with Gasteiger partial charge in [-0.25, -0.2) is 0 Å². The van der Waals surface area contributed by atoms with Crippen molar-refractivity contribution in [3.05, 3.63) is 60.2 Å². The van der Waals surface area contributed by atoms with Crippen molar-refractivity contribution in [2.45, 2.75) is 19.8 Å². The summed E-state index contributed by atoms with van der Waals surface area (Å²) in [5, 5.41) is 26.3. The lowest BCUT2D eigenvalue weighted by atomic mass is 9.91. The van der Waals surface area contributed by atoms with Crippen LogP contribution >= 0.6 is 0 Å². The molecule has 2 N–H and O–H groups in total. The number of rotatable bonds is 1. The summed E-state index contributed by atoms with van der Waals surface area (Å²) in [6, 6.07) is 17.5. The Balaban J connectivity index is 2.23. The van der Waals surface area contributed by atoms with Crippen LogP contribution in [0.15, 0.2) is 54.6 Å². The zero-order valence-electron chi connectivity index (χ0n) is 13.2. The molecule has 4 rings (SSSR count). The second kappa shape index (κ2) is 4.88. The molecule has 114 valence electrons. The van der Waals surface area contributed by atoms with E-state index in [0.29, 0.717) is 5.92 Å². The fourth-order valence-corrected chi connectivity index (χ4v) is 3.52. The molecule has 0 aromatic heterocycles. The molecule has 0 bridgehead atoms. The molecule has 0 heterocycles. The predicted octanol–water partition coefficient (Wildman–Crippen LogP) is 5.68. The zero-order chi connectivity index (χ0) is 16.1. The quantitative estimate of drug-likeness (QED) is 0.444. The SMILES string of the molecule is CC(C)c1cccc2c1ccc1c3ccc(O)cc3cc(O)c21. The molecule has 0 aliphatic carbocycles. The maximum atomic E-state index is 10.6. The molecule has 0 spiro atoms. The number of phenolic OH excluding ortho intramolecular Hbond substituents is 2. The molecule has 0 unspecified atom stereocenters. The summed E-state index contributed by atoms with van der Waals surface area (Å²) in [5.74, 6) is 0.888. The molecule has 0 aliphatic rings. The van der Waals surface area contributed by atoms with Gasteiger partial charge in [-0.05, 0) is 56.6 Å². The topological polar surface area (TPSA) is 40.5 Å². The van der Waals surface area contributed by atoms with Crippen LogP contribution in [-0.2, 0) is 0 Å². The van der Waals surface area contributed by atoms with Crippen LogP contribution in [0.4, 0.5) is 0 Å². The van der Waals surface area contributed by atoms with Gasteiger partial charge >= 0.3 is 0 Å². The Morgan fingerprint density at radius 2 is 1.43 bits per heavy atom. The lowest BCUT2D eigenvalue weighted by Gasteiger charge is -2.14. The minimum absolute atomic E-state index is 0.208. The van der Waals surface area contributed by atoms with Crippen molar-refractivity contribution in [3.8, 4) is 11.5 Å². The Kier molecular flexibility index (Phi) is 2.95. The van der Waals surface area contributed by atoms with E-state index in [1.165, 1.54) is 10.9 Å². The first-order valence-corrected chi connectivity index (χ1v) is 7.86. The lowest BCUT2D eigenvalue weighted by molar-refractivity contribution is 0.476. The standard InChI is InChI=1S/C21H18O2/c1-12(2)15-4-3-5-18-17(15)8-9-19-16-7-6-14(22)10-13(16)11-20(23)21(18)19/h3-12,22-23H,1-2H3. The van der Waals surface area contributed by atoms with Gasteiger partial charge in [-0.3, -0.25) is 0 Å². The molecule has 4 aromatic rings. The Bertz CT molecular complexity index is 1060. The van der Waals surface area contributed by atoms with Crippen LogP contribution in [0.25, 0.3) is 32.3 Å². The highest BCUT2D eigenvalue weighted by atomic mass is 16.3. The summed E-state index contributed by atoms with van der Waals surface area (Å²) in [4.78, 5) is 0. The summed E-state index contributed by atoms with van der Waals surface area (Å²) in [5.41, 5.74) is 1.29. The number of hydrogen-bond acceptors (Lipinski definition) is 2. The van der Waals surface area contributed by atoms with Crippen molar-refractivity contribution in [1.29, 1.82) is 0 Å². The van der Waals surface area contributed by atoms with E-state index in [9.17, 15) is 10.2 Å². The third-order valence-corrected chi connectivity index (χ3v) is 4.59. The van der Waals surface area contributed by atoms with Crippen LogP contribution in [0.2, 0.25) is 0 Å². The molecule has 4 aromatic carbocycles. The van der Waals surface area contributed by atoms with Crippen molar-refractivity contribution in [3.63, 3.8) is 0 Å². The van der Waals surface area contributed by atoms with Crippen LogP contribution in [0.5, 0.6) is 11.5 Å². The zero-order valence-corrected chi connectivity index (χ0v) is 13.2. The largest absolute Gasteiger partial charge is 0.508 e. The van der Waals surface area contributed by atoms with Crippen molar-refractivity contribution in [1.82, 2.24) is 0 Å². The van der Waals surface area contributed by atoms with Crippen LogP contribution in [-0.4, -0.2) is 10.2 Å². The number of aromatic hydroxyl groups is 2. The lowest BCUT2D eigenvalue weighted by Crippen LogP contribution is -1.90. The highest BCUT2D eigenvalue weighted by Crippen LogP contribution is 2.40. The van der Waals surface area contributed by atoms with Gasteiger partial charge in [0, 0.05) is 5.39 Å². The van der Waals surface area contributed by atoms with Crippen molar-refractivity contribution in [2.24, 2.45) is 0 Å². The average Bonchev–Trinajstić information content (AvgIpc) is 2.53. The van der Waals surface area contributed by atoms with E-state index < -0.39 is 0 Å². The van der Waals surface area contributed by atoms with Crippen LogP contribution < -0.4 is 0 Å². The van der Waals surface area contributed by atoms with E-state index in [1.807, 2.05) is 6.07 Å². The average molecular weight is 302 g/mol. The Hall–Kier alpha value is -2.74. The predicted molar refractivity (Wildman–Crippen MR) is 96.4 cm³/mol. The van der Waals surface area contributed by atoms with E-state index in [4.69, 9.17) is 0 Å². The van der Waals surface area contributed by atoms with Crippen molar-refractivity contribution in [2.75, 3.05) is 0 Å². The third-order valence-electron chi connectivity index (χ3n) is 4.59. The summed E-state index contributed by atoms with van der Waals surface area (Å²) in [7, 11) is 0. The number of fused-ring (bicyclic) bond motifs is 5. The maximum absolute atomic E-state index is 10.6. The van der Waals surface area contributed by atoms with Gasteiger partial charge in [0.15, 0.2) is 0 Å². The normalized spacial score (nSPS) is 11.8. The van der Waals surface area contributed by atoms with Crippen molar-refractivity contribution < 1.29 is 10.2 Å². The Morgan fingerprint density at radius 1 is 0.739 bits per heavy atom. The van der Waals surface area contributed by atoms with Crippen LogP contribution in [0.3, 0.4) is 0 Å². The number of phenols is 2. The summed E-state index contributed by atoms with van der Waals surface area (Å²) in [6.45, 7) is 4.37. The molecule has 2 heteroatoms. The highest BCUT2D eigenvalue weighted by molar-refractivity contribution is 6.20. The van der Waals surface area contributed by atoms with Gasteiger partial charge < -0.3 is 10.2 Å². The summed E-state index contributed by atoms with van der Waals surface area (Å²) >= 11 is 0. The summed E-state index contributed by atoms with van der Waals surface area (Å²) in [6.07, 6.45) is 0. The molecule has 0 aliphatic heterocycles. The molecule has 0 fully saturated rings. The molecular formula is C21H18O2. The molecule has 0 atom stereocenters. The van der Waals surface area contributed by atoms with Gasteiger partial charge in [0.1, 0.15) is 11.5 Å². The second-order valence-electron chi connectivity index (χ2n) is 6.39. The van der Waals surface area contributed by atoms with Crippen molar-refractivity contribution >= 4 is 32.3 Å². The number of benzene rings is 4. The van der Waals surface area contributed by atoms with Crippen LogP contribution in [0, 0.1) is 0 Å². The second-order valence-corrected chi connectivity index (χ2v) is 6.39. The van der Waals surface area contributed by atoms with Gasteiger partial charge in [-0.1, -0.05) is 50.2 Å². The minimum Gasteiger partial charge on any atom is -0.508 e. The summed E-state index contributed by atoms with van der Waals surface area (Å²) < 4.78 is 0. The molecule has 0 saturated carbocycles. The Labute approximate surface area is 134 Å². The maximum Gasteiger partial charge on any atom is 0.124 e. The van der Waals surface area contributed by atoms with E-state index >= 15 is 0 Å². The van der Waals surface area contributed by atoms with Gasteiger partial charge in [-0.2, -0.15) is 0 Å². The van der Waals surface area contributed by atoms with Gasteiger partial charge in [0.25, 0.3) is 0 Å². The first kappa shape index (κ1) is 13.9. The van der Waals surface area contributed by atoms with Gasteiger partial charge in [-0.15, -0.1) is 0 Å². The molecule has 2 nitrogen and oxygen atoms in total. The van der Waals surface area contributed by atoms with E-state index in [2.05, 4.69) is 44.2 Å². The first-order chi connectivity index (χ1) is 11.1. The minimum atomic E-state index is 0.208. The van der Waals surface area contributed by atoms with E-state index in [1.54, 1.807) is 18.2 Å². The van der Waals surface area contributed by atoms with Gasteiger partial charge in [0.2, 0.25) is 0 Å². The third kappa shape index (κ3) is 2.02. The molecule has 0 radical (unpaired) electrons. The fraction of sp³-hybridized carbons (Fsp3) is 0.143. The van der Waals surface area contributed by atoms with Gasteiger partial charge in [0.05, 0.1) is 0 Å². The molecule has 23 heavy (non-hydrogen) atoms. The highest BCUT2D eigenvalue weighted by Gasteiger charge is 2.12. The van der Waals surface area contributed by atoms with E-state index in [0.717, 1.165) is 26.9 Å². The number of hydrogen-bond donors (Lipinski definition) is 2. The van der Waals surface area contributed by atoms with Crippen LogP contribution in [0.1, 0.15) is 25.3 Å².